The summed E-state index contributed by atoms with van der Waals surface area (Å²) in [7, 11) is 1.50. The van der Waals surface area contributed by atoms with Crippen LogP contribution in [0.1, 0.15) is 54.9 Å². The SMILES string of the molecule is C=CCC(C)C(=O)NCC(=O)NCC(=O)O.CC.CC.CC(C)C=O.CN. The van der Waals surface area contributed by atoms with Crippen LogP contribution in [-0.4, -0.2) is 49.3 Å². The van der Waals surface area contributed by atoms with E-state index in [2.05, 4.69) is 22.9 Å². The zero-order valence-corrected chi connectivity index (χ0v) is 18.3. The van der Waals surface area contributed by atoms with Crippen molar-refractivity contribution in [1.29, 1.82) is 0 Å². The van der Waals surface area contributed by atoms with Crippen molar-refractivity contribution in [3.63, 3.8) is 0 Å². The van der Waals surface area contributed by atoms with Gasteiger partial charge in [-0.1, -0.05) is 54.5 Å². The Morgan fingerprint density at radius 3 is 1.70 bits per heavy atom. The molecule has 8 nitrogen and oxygen atoms in total. The van der Waals surface area contributed by atoms with Crippen LogP contribution in [0.2, 0.25) is 0 Å². The highest BCUT2D eigenvalue weighted by molar-refractivity contribution is 5.87. The van der Waals surface area contributed by atoms with Gasteiger partial charge in [-0.05, 0) is 13.5 Å². The van der Waals surface area contributed by atoms with Gasteiger partial charge in [0, 0.05) is 11.8 Å². The van der Waals surface area contributed by atoms with Gasteiger partial charge >= 0.3 is 5.97 Å². The van der Waals surface area contributed by atoms with Crippen LogP contribution in [0.15, 0.2) is 12.7 Å². The monoisotopic (exact) mass is 391 g/mol. The summed E-state index contributed by atoms with van der Waals surface area (Å²) >= 11 is 0. The molecule has 0 aliphatic rings. The van der Waals surface area contributed by atoms with E-state index in [4.69, 9.17) is 5.11 Å². The van der Waals surface area contributed by atoms with Crippen LogP contribution < -0.4 is 16.4 Å². The van der Waals surface area contributed by atoms with Gasteiger partial charge < -0.3 is 26.3 Å². The molecule has 0 saturated carbocycles. The molecule has 0 aromatic rings. The van der Waals surface area contributed by atoms with E-state index < -0.39 is 18.4 Å². The van der Waals surface area contributed by atoms with Gasteiger partial charge in [0.1, 0.15) is 12.8 Å². The van der Waals surface area contributed by atoms with E-state index in [0.29, 0.717) is 6.42 Å². The molecule has 0 spiro atoms. The Labute approximate surface area is 165 Å². The molecule has 0 fully saturated rings. The van der Waals surface area contributed by atoms with Crippen LogP contribution in [0.4, 0.5) is 0 Å². The van der Waals surface area contributed by atoms with Crippen molar-refractivity contribution in [2.24, 2.45) is 17.6 Å². The molecule has 1 unspecified atom stereocenters. The molecule has 0 rings (SSSR count). The van der Waals surface area contributed by atoms with Crippen molar-refractivity contribution >= 4 is 24.1 Å². The fraction of sp³-hybridized carbons (Fsp3) is 0.684. The fourth-order valence-electron chi connectivity index (χ4n) is 0.935. The molecule has 0 aromatic carbocycles. The smallest absolute Gasteiger partial charge is 0.322 e. The second kappa shape index (κ2) is 31.5. The molecular weight excluding hydrogens is 350 g/mol. The lowest BCUT2D eigenvalue weighted by Gasteiger charge is -2.09. The Kier molecular flexibility index (Phi) is 41.8. The first-order chi connectivity index (χ1) is 12.7. The molecule has 0 bridgehead atoms. The first-order valence-electron chi connectivity index (χ1n) is 9.14. The number of carboxylic acid groups (broad SMARTS) is 1. The van der Waals surface area contributed by atoms with Crippen LogP contribution >= 0.6 is 0 Å². The molecule has 2 amide bonds. The Bertz CT molecular complexity index is 372. The lowest BCUT2D eigenvalue weighted by molar-refractivity contribution is -0.137. The van der Waals surface area contributed by atoms with Gasteiger partial charge in [0.15, 0.2) is 0 Å². The van der Waals surface area contributed by atoms with Gasteiger partial charge in [-0.25, -0.2) is 0 Å². The third kappa shape index (κ3) is 40.1. The molecule has 5 N–H and O–H groups in total. The molecule has 0 saturated heterocycles. The second-order valence-corrected chi connectivity index (χ2v) is 4.69. The number of aldehydes is 1. The maximum Gasteiger partial charge on any atom is 0.322 e. The minimum absolute atomic E-state index is 0.204. The van der Waals surface area contributed by atoms with E-state index in [0.717, 1.165) is 6.29 Å². The van der Waals surface area contributed by atoms with Crippen LogP contribution in [0, 0.1) is 11.8 Å². The molecule has 0 radical (unpaired) electrons. The zero-order valence-electron chi connectivity index (χ0n) is 18.3. The number of carbonyl (C=O) groups excluding carboxylic acids is 3. The lowest BCUT2D eigenvalue weighted by Crippen LogP contribution is -2.40. The summed E-state index contributed by atoms with van der Waals surface area (Å²) in [5.41, 5.74) is 4.50. The van der Waals surface area contributed by atoms with Crippen molar-refractivity contribution < 1.29 is 24.3 Å². The van der Waals surface area contributed by atoms with E-state index in [9.17, 15) is 19.2 Å². The van der Waals surface area contributed by atoms with Gasteiger partial charge in [-0.3, -0.25) is 14.4 Å². The molecule has 1 atom stereocenters. The van der Waals surface area contributed by atoms with E-state index in [1.165, 1.54) is 7.05 Å². The molecule has 162 valence electrons. The normalized spacial score (nSPS) is 8.96. The zero-order chi connectivity index (χ0) is 22.8. The van der Waals surface area contributed by atoms with E-state index in [1.807, 2.05) is 41.5 Å². The van der Waals surface area contributed by atoms with Crippen LogP contribution in [0.3, 0.4) is 0 Å². The quantitative estimate of drug-likeness (QED) is 0.368. The third-order valence-electron chi connectivity index (χ3n) is 2.10. The number of aliphatic carboxylic acids is 1. The van der Waals surface area contributed by atoms with Crippen LogP contribution in [0.25, 0.3) is 0 Å². The van der Waals surface area contributed by atoms with Crippen LogP contribution in [0.5, 0.6) is 0 Å². The summed E-state index contributed by atoms with van der Waals surface area (Å²) < 4.78 is 0. The molecule has 8 heteroatoms. The van der Waals surface area contributed by atoms with E-state index >= 15 is 0 Å². The first kappa shape index (κ1) is 35.8. The van der Waals surface area contributed by atoms with Crippen molar-refractivity contribution in [1.82, 2.24) is 10.6 Å². The fourth-order valence-corrected chi connectivity index (χ4v) is 0.935. The summed E-state index contributed by atoms with van der Waals surface area (Å²) in [4.78, 5) is 42.0. The summed E-state index contributed by atoms with van der Waals surface area (Å²) in [6.45, 7) is 16.3. The second-order valence-electron chi connectivity index (χ2n) is 4.69. The Hall–Kier alpha value is -2.22. The van der Waals surface area contributed by atoms with E-state index in [-0.39, 0.29) is 24.3 Å². The van der Waals surface area contributed by atoms with Crippen LogP contribution in [-0.2, 0) is 19.2 Å². The number of amides is 2. The standard InChI is InChI=1S/C10H16N2O4.C4H8O.2C2H6.CH5N/c1-3-4-7(2)10(16)12-5-8(13)11-6-9(14)15;1-4(2)3-5;3*1-2/h3,7H,1,4-6H2,2H3,(H,11,13)(H,12,16)(H,14,15);3-4H,1-2H3;2*1-2H3;2H2,1H3. The molecule has 0 aliphatic heterocycles. The largest absolute Gasteiger partial charge is 0.480 e. The molecular formula is C19H41N3O5. The highest BCUT2D eigenvalue weighted by atomic mass is 16.4. The average Bonchev–Trinajstić information content (AvgIpc) is 2.69. The van der Waals surface area contributed by atoms with Crippen molar-refractivity contribution in [2.45, 2.75) is 54.9 Å². The summed E-state index contributed by atoms with van der Waals surface area (Å²) in [5.74, 6) is -1.95. The minimum atomic E-state index is -1.13. The highest BCUT2D eigenvalue weighted by Crippen LogP contribution is 2.00. The Balaban J connectivity index is -0.000000122. The number of nitrogens with one attached hydrogen (secondary N) is 2. The maximum atomic E-state index is 11.3. The van der Waals surface area contributed by atoms with Gasteiger partial charge in [0.25, 0.3) is 0 Å². The summed E-state index contributed by atoms with van der Waals surface area (Å²) in [6.07, 6.45) is 3.07. The number of hydrogen-bond donors (Lipinski definition) is 4. The number of carboxylic acids is 1. The van der Waals surface area contributed by atoms with Crippen molar-refractivity contribution in [3.8, 4) is 0 Å². The number of carbonyl (C=O) groups is 4. The number of hydrogen-bond acceptors (Lipinski definition) is 5. The lowest BCUT2D eigenvalue weighted by atomic mass is 10.1. The minimum Gasteiger partial charge on any atom is -0.480 e. The predicted octanol–water partition coefficient (Wildman–Crippen LogP) is 1.98. The van der Waals surface area contributed by atoms with E-state index in [1.54, 1.807) is 13.0 Å². The highest BCUT2D eigenvalue weighted by Gasteiger charge is 2.12. The number of nitrogens with two attached hydrogens (primary N) is 1. The predicted molar refractivity (Wildman–Crippen MR) is 111 cm³/mol. The third-order valence-corrected chi connectivity index (χ3v) is 2.10. The first-order valence-corrected chi connectivity index (χ1v) is 9.14. The topological polar surface area (TPSA) is 139 Å². The van der Waals surface area contributed by atoms with Crippen molar-refractivity contribution in [2.75, 3.05) is 20.1 Å². The van der Waals surface area contributed by atoms with Gasteiger partial charge in [0.2, 0.25) is 11.8 Å². The van der Waals surface area contributed by atoms with Gasteiger partial charge in [-0.15, -0.1) is 6.58 Å². The molecule has 27 heavy (non-hydrogen) atoms. The van der Waals surface area contributed by atoms with Crippen molar-refractivity contribution in [3.05, 3.63) is 12.7 Å². The Morgan fingerprint density at radius 1 is 1.00 bits per heavy atom. The number of rotatable bonds is 8. The molecule has 0 aromatic heterocycles. The molecule has 0 aliphatic carbocycles. The summed E-state index contributed by atoms with van der Waals surface area (Å²) in [6, 6.07) is 0. The molecule has 0 heterocycles. The Morgan fingerprint density at radius 2 is 1.41 bits per heavy atom. The number of allylic oxidation sites excluding steroid dienone is 1. The average molecular weight is 392 g/mol. The maximum absolute atomic E-state index is 11.3. The summed E-state index contributed by atoms with van der Waals surface area (Å²) in [5, 5.41) is 12.8. The van der Waals surface area contributed by atoms with Gasteiger partial charge in [0.05, 0.1) is 6.54 Å². The van der Waals surface area contributed by atoms with Gasteiger partial charge in [-0.2, -0.15) is 0 Å².